The molecule has 0 saturated heterocycles. The van der Waals surface area contributed by atoms with Crippen LogP contribution in [0.25, 0.3) is 0 Å². The van der Waals surface area contributed by atoms with Crippen LogP contribution in [0.15, 0.2) is 71.3 Å². The van der Waals surface area contributed by atoms with Crippen LogP contribution < -0.4 is 24.8 Å². The van der Waals surface area contributed by atoms with Gasteiger partial charge < -0.3 is 29.3 Å². The SMILES string of the molecule is COc1ccccc1OCCNC(=O)COc1cccc(NC(=O)c2ccco2)c1. The molecule has 0 unspecified atom stereocenters. The summed E-state index contributed by atoms with van der Waals surface area (Å²) in [5.74, 6) is 1.24. The average molecular weight is 410 g/mol. The van der Waals surface area contributed by atoms with Crippen LogP contribution in [0, 0.1) is 0 Å². The molecule has 2 aromatic carbocycles. The predicted molar refractivity (Wildman–Crippen MR) is 110 cm³/mol. The van der Waals surface area contributed by atoms with E-state index in [1.54, 1.807) is 55.6 Å². The number of nitrogens with one attached hydrogen (secondary N) is 2. The van der Waals surface area contributed by atoms with Crippen LogP contribution >= 0.6 is 0 Å². The van der Waals surface area contributed by atoms with Gasteiger partial charge in [0.15, 0.2) is 23.9 Å². The van der Waals surface area contributed by atoms with Crippen molar-refractivity contribution in [1.82, 2.24) is 5.32 Å². The van der Waals surface area contributed by atoms with Crippen molar-refractivity contribution in [2.45, 2.75) is 0 Å². The number of para-hydroxylation sites is 2. The molecule has 3 rings (SSSR count). The molecule has 156 valence electrons. The van der Waals surface area contributed by atoms with E-state index in [4.69, 9.17) is 18.6 Å². The van der Waals surface area contributed by atoms with Gasteiger partial charge in [-0.2, -0.15) is 0 Å². The summed E-state index contributed by atoms with van der Waals surface area (Å²) < 4.78 is 21.3. The van der Waals surface area contributed by atoms with Crippen molar-refractivity contribution in [2.75, 3.05) is 32.2 Å². The van der Waals surface area contributed by atoms with E-state index in [2.05, 4.69) is 10.6 Å². The number of carbonyl (C=O) groups excluding carboxylic acids is 2. The number of benzene rings is 2. The normalized spacial score (nSPS) is 10.2. The summed E-state index contributed by atoms with van der Waals surface area (Å²) in [6.45, 7) is 0.449. The third kappa shape index (κ3) is 6.03. The number of carbonyl (C=O) groups is 2. The smallest absolute Gasteiger partial charge is 0.291 e. The molecule has 0 saturated carbocycles. The van der Waals surface area contributed by atoms with Gasteiger partial charge in [-0.15, -0.1) is 0 Å². The van der Waals surface area contributed by atoms with E-state index in [0.29, 0.717) is 36.1 Å². The monoisotopic (exact) mass is 410 g/mol. The van der Waals surface area contributed by atoms with Crippen LogP contribution in [0.1, 0.15) is 10.6 Å². The minimum absolute atomic E-state index is 0.162. The molecule has 0 fully saturated rings. The summed E-state index contributed by atoms with van der Waals surface area (Å²) in [6.07, 6.45) is 1.43. The Morgan fingerprint density at radius 3 is 2.57 bits per heavy atom. The highest BCUT2D eigenvalue weighted by molar-refractivity contribution is 6.02. The number of hydrogen-bond donors (Lipinski definition) is 2. The van der Waals surface area contributed by atoms with Crippen LogP contribution in [0.2, 0.25) is 0 Å². The molecule has 0 bridgehead atoms. The highest BCUT2D eigenvalue weighted by Gasteiger charge is 2.10. The highest BCUT2D eigenvalue weighted by atomic mass is 16.5. The quantitative estimate of drug-likeness (QED) is 0.498. The molecular weight excluding hydrogens is 388 g/mol. The van der Waals surface area contributed by atoms with Gasteiger partial charge in [-0.1, -0.05) is 18.2 Å². The van der Waals surface area contributed by atoms with Crippen molar-refractivity contribution in [3.05, 3.63) is 72.7 Å². The summed E-state index contributed by atoms with van der Waals surface area (Å²) in [4.78, 5) is 24.0. The predicted octanol–water partition coefficient (Wildman–Crippen LogP) is 3.11. The number of ether oxygens (including phenoxy) is 3. The van der Waals surface area contributed by atoms with Crippen LogP contribution in [0.5, 0.6) is 17.2 Å². The van der Waals surface area contributed by atoms with E-state index < -0.39 is 0 Å². The van der Waals surface area contributed by atoms with E-state index in [9.17, 15) is 9.59 Å². The molecule has 0 atom stereocenters. The van der Waals surface area contributed by atoms with Crippen molar-refractivity contribution in [3.63, 3.8) is 0 Å². The maximum absolute atomic E-state index is 12.0. The van der Waals surface area contributed by atoms with E-state index in [-0.39, 0.29) is 24.2 Å². The molecule has 8 heteroatoms. The fourth-order valence-corrected chi connectivity index (χ4v) is 2.55. The summed E-state index contributed by atoms with van der Waals surface area (Å²) in [6, 6.07) is 17.2. The first kappa shape index (κ1) is 20.8. The average Bonchev–Trinajstić information content (AvgIpc) is 3.31. The van der Waals surface area contributed by atoms with E-state index in [0.717, 1.165) is 0 Å². The molecular formula is C22H22N2O6. The lowest BCUT2D eigenvalue weighted by Gasteiger charge is -2.11. The van der Waals surface area contributed by atoms with Crippen molar-refractivity contribution in [1.29, 1.82) is 0 Å². The van der Waals surface area contributed by atoms with Crippen molar-refractivity contribution in [3.8, 4) is 17.2 Å². The number of anilines is 1. The second-order valence-electron chi connectivity index (χ2n) is 6.10. The Hall–Kier alpha value is -3.94. The van der Waals surface area contributed by atoms with Gasteiger partial charge in [0.25, 0.3) is 11.8 Å². The zero-order valence-electron chi connectivity index (χ0n) is 16.4. The maximum Gasteiger partial charge on any atom is 0.291 e. The first-order chi connectivity index (χ1) is 14.7. The van der Waals surface area contributed by atoms with E-state index in [1.165, 1.54) is 6.26 Å². The number of rotatable bonds is 10. The molecule has 1 aromatic heterocycles. The minimum atomic E-state index is -0.370. The first-order valence-corrected chi connectivity index (χ1v) is 9.26. The zero-order chi connectivity index (χ0) is 21.2. The first-order valence-electron chi connectivity index (χ1n) is 9.26. The molecule has 0 aliphatic heterocycles. The molecule has 0 spiro atoms. The molecule has 30 heavy (non-hydrogen) atoms. The lowest BCUT2D eigenvalue weighted by Crippen LogP contribution is -2.32. The molecule has 1 heterocycles. The summed E-state index contributed by atoms with van der Waals surface area (Å²) in [5, 5.41) is 5.41. The highest BCUT2D eigenvalue weighted by Crippen LogP contribution is 2.25. The number of furan rings is 1. The van der Waals surface area contributed by atoms with Gasteiger partial charge in [-0.05, 0) is 36.4 Å². The molecule has 0 radical (unpaired) electrons. The Balaban J connectivity index is 1.40. The van der Waals surface area contributed by atoms with Crippen LogP contribution in [-0.4, -0.2) is 38.7 Å². The van der Waals surface area contributed by atoms with Gasteiger partial charge in [0, 0.05) is 11.8 Å². The van der Waals surface area contributed by atoms with Gasteiger partial charge in [-0.25, -0.2) is 0 Å². The third-order valence-electron chi connectivity index (χ3n) is 3.96. The van der Waals surface area contributed by atoms with Crippen molar-refractivity contribution >= 4 is 17.5 Å². The summed E-state index contributed by atoms with van der Waals surface area (Å²) in [5.41, 5.74) is 0.527. The summed E-state index contributed by atoms with van der Waals surface area (Å²) in [7, 11) is 1.57. The van der Waals surface area contributed by atoms with Crippen LogP contribution in [0.3, 0.4) is 0 Å². The minimum Gasteiger partial charge on any atom is -0.493 e. The molecule has 0 aliphatic rings. The van der Waals surface area contributed by atoms with Gasteiger partial charge >= 0.3 is 0 Å². The largest absolute Gasteiger partial charge is 0.493 e. The molecule has 3 aromatic rings. The third-order valence-corrected chi connectivity index (χ3v) is 3.96. The van der Waals surface area contributed by atoms with Gasteiger partial charge in [-0.3, -0.25) is 9.59 Å². The Kier molecular flexibility index (Phi) is 7.32. The van der Waals surface area contributed by atoms with Crippen molar-refractivity contribution in [2.24, 2.45) is 0 Å². The Morgan fingerprint density at radius 2 is 1.80 bits per heavy atom. The number of hydrogen-bond acceptors (Lipinski definition) is 6. The van der Waals surface area contributed by atoms with Gasteiger partial charge in [0.1, 0.15) is 12.4 Å². The molecule has 2 amide bonds. The Labute approximate surface area is 173 Å². The fraction of sp³-hybridized carbons (Fsp3) is 0.182. The van der Waals surface area contributed by atoms with Gasteiger partial charge in [0.05, 0.1) is 19.9 Å². The lowest BCUT2D eigenvalue weighted by atomic mass is 10.3. The topological polar surface area (TPSA) is 99.0 Å². The van der Waals surface area contributed by atoms with Crippen LogP contribution in [0.4, 0.5) is 5.69 Å². The molecule has 8 nitrogen and oxygen atoms in total. The Morgan fingerprint density at radius 1 is 0.967 bits per heavy atom. The number of methoxy groups -OCH3 is 1. The summed E-state index contributed by atoms with van der Waals surface area (Å²) >= 11 is 0. The van der Waals surface area contributed by atoms with Crippen LogP contribution in [-0.2, 0) is 4.79 Å². The molecule has 0 aliphatic carbocycles. The van der Waals surface area contributed by atoms with E-state index in [1.807, 2.05) is 12.1 Å². The van der Waals surface area contributed by atoms with E-state index >= 15 is 0 Å². The second kappa shape index (κ2) is 10.6. The van der Waals surface area contributed by atoms with Crippen molar-refractivity contribution < 1.29 is 28.2 Å². The number of amides is 2. The molecule has 2 N–H and O–H groups in total. The van der Waals surface area contributed by atoms with Gasteiger partial charge in [0.2, 0.25) is 0 Å². The maximum atomic E-state index is 12.0. The fourth-order valence-electron chi connectivity index (χ4n) is 2.55. The standard InChI is InChI=1S/C22H22N2O6/c1-27-18-8-2-3-9-19(18)29-13-11-23-21(25)15-30-17-7-4-6-16(14-17)24-22(26)20-10-5-12-28-20/h2-10,12,14H,11,13,15H2,1H3,(H,23,25)(H,24,26). The Bertz CT molecular complexity index is 971. The lowest BCUT2D eigenvalue weighted by molar-refractivity contribution is -0.123. The second-order valence-corrected chi connectivity index (χ2v) is 6.10. The zero-order valence-corrected chi connectivity index (χ0v) is 16.4.